The maximum atomic E-state index is 13.1. The van der Waals surface area contributed by atoms with E-state index in [9.17, 15) is 14.4 Å². The summed E-state index contributed by atoms with van der Waals surface area (Å²) in [5.74, 6) is -0.168. The van der Waals surface area contributed by atoms with Gasteiger partial charge in [0.25, 0.3) is 11.8 Å². The second kappa shape index (κ2) is 13.4. The summed E-state index contributed by atoms with van der Waals surface area (Å²) in [7, 11) is 0. The van der Waals surface area contributed by atoms with E-state index in [0.29, 0.717) is 27.8 Å². The van der Waals surface area contributed by atoms with Crippen molar-refractivity contribution in [1.82, 2.24) is 5.43 Å². The van der Waals surface area contributed by atoms with Crippen LogP contribution in [0.5, 0.6) is 5.75 Å². The fourth-order valence-corrected chi connectivity index (χ4v) is 5.87. The number of nitrogens with zero attached hydrogens (tertiary/aromatic N) is 1. The van der Waals surface area contributed by atoms with E-state index in [2.05, 4.69) is 29.7 Å². The Kier molecular flexibility index (Phi) is 9.71. The molecule has 0 bridgehead atoms. The minimum absolute atomic E-state index is 0.268. The standard InChI is InChI=1S/C31H35N3O5S/c1-5-21-8-10-22(11-9-21)18-32-34-28(35)20(4)39-24-14-12-23(13-15-24)29(36)33-30-27(31(37)38-6-2)25-16-7-19(3)17-26(25)40-30/h8-15,18-20H,5-7,16-17H2,1-4H3,(H,33,36)(H,34,35)/b32-18-/t19-,20+/m0/s1. The first-order chi connectivity index (χ1) is 19.3. The summed E-state index contributed by atoms with van der Waals surface area (Å²) in [4.78, 5) is 39.3. The molecule has 2 atom stereocenters. The van der Waals surface area contributed by atoms with Gasteiger partial charge in [-0.3, -0.25) is 9.59 Å². The number of aryl methyl sites for hydroxylation is 1. The average Bonchev–Trinajstić information content (AvgIpc) is 3.30. The second-order valence-electron chi connectivity index (χ2n) is 9.84. The van der Waals surface area contributed by atoms with Gasteiger partial charge in [0.05, 0.1) is 18.4 Å². The quantitative estimate of drug-likeness (QED) is 0.185. The van der Waals surface area contributed by atoms with Crippen molar-refractivity contribution >= 4 is 40.3 Å². The van der Waals surface area contributed by atoms with Gasteiger partial charge < -0.3 is 14.8 Å². The zero-order valence-corrected chi connectivity index (χ0v) is 24.1. The van der Waals surface area contributed by atoms with E-state index < -0.39 is 18.0 Å². The molecule has 1 aliphatic rings. The zero-order chi connectivity index (χ0) is 28.6. The van der Waals surface area contributed by atoms with E-state index >= 15 is 0 Å². The molecule has 4 rings (SSSR count). The normalized spacial score (nSPS) is 15.2. The number of rotatable bonds is 10. The first-order valence-corrected chi connectivity index (χ1v) is 14.4. The third-order valence-electron chi connectivity index (χ3n) is 6.79. The number of ether oxygens (including phenoxy) is 2. The topological polar surface area (TPSA) is 106 Å². The largest absolute Gasteiger partial charge is 0.481 e. The summed E-state index contributed by atoms with van der Waals surface area (Å²) in [6, 6.07) is 14.4. The van der Waals surface area contributed by atoms with Crippen LogP contribution in [-0.2, 0) is 28.8 Å². The lowest BCUT2D eigenvalue weighted by Gasteiger charge is -2.18. The fourth-order valence-electron chi connectivity index (χ4n) is 4.48. The highest BCUT2D eigenvalue weighted by Gasteiger charge is 2.29. The van der Waals surface area contributed by atoms with Gasteiger partial charge >= 0.3 is 5.97 Å². The monoisotopic (exact) mass is 561 g/mol. The number of fused-ring (bicyclic) bond motifs is 1. The van der Waals surface area contributed by atoms with Gasteiger partial charge in [-0.15, -0.1) is 11.3 Å². The van der Waals surface area contributed by atoms with Gasteiger partial charge in [-0.25, -0.2) is 10.2 Å². The Balaban J connectivity index is 1.36. The van der Waals surface area contributed by atoms with Gasteiger partial charge in [0.2, 0.25) is 0 Å². The van der Waals surface area contributed by atoms with Gasteiger partial charge in [-0.05, 0) is 86.4 Å². The summed E-state index contributed by atoms with van der Waals surface area (Å²) < 4.78 is 11.0. The van der Waals surface area contributed by atoms with Crippen LogP contribution in [0.15, 0.2) is 53.6 Å². The maximum absolute atomic E-state index is 13.1. The lowest BCUT2D eigenvalue weighted by atomic mass is 9.88. The number of amides is 2. The van der Waals surface area contributed by atoms with Crippen LogP contribution in [0.25, 0.3) is 0 Å². The van der Waals surface area contributed by atoms with Crippen molar-refractivity contribution in [3.63, 3.8) is 0 Å². The molecule has 0 fully saturated rings. The van der Waals surface area contributed by atoms with E-state index in [1.54, 1.807) is 44.3 Å². The Hall–Kier alpha value is -3.98. The third-order valence-corrected chi connectivity index (χ3v) is 7.96. The third kappa shape index (κ3) is 7.15. The summed E-state index contributed by atoms with van der Waals surface area (Å²) in [5, 5.41) is 7.45. The molecule has 9 heteroatoms. The van der Waals surface area contributed by atoms with Crippen molar-refractivity contribution in [3.05, 3.63) is 81.2 Å². The van der Waals surface area contributed by atoms with Crippen molar-refractivity contribution in [3.8, 4) is 5.75 Å². The van der Waals surface area contributed by atoms with Crippen LogP contribution in [0.4, 0.5) is 5.00 Å². The summed E-state index contributed by atoms with van der Waals surface area (Å²) >= 11 is 1.45. The van der Waals surface area contributed by atoms with E-state index in [0.717, 1.165) is 41.7 Å². The highest BCUT2D eigenvalue weighted by molar-refractivity contribution is 7.17. The van der Waals surface area contributed by atoms with Gasteiger partial charge in [0.1, 0.15) is 10.8 Å². The highest BCUT2D eigenvalue weighted by Crippen LogP contribution is 2.40. The van der Waals surface area contributed by atoms with Gasteiger partial charge in [0.15, 0.2) is 6.10 Å². The Morgan fingerprint density at radius 1 is 1.10 bits per heavy atom. The molecule has 1 aromatic heterocycles. The van der Waals surface area contributed by atoms with Crippen LogP contribution in [-0.4, -0.2) is 36.7 Å². The second-order valence-corrected chi connectivity index (χ2v) is 10.9. The number of hydrazone groups is 1. The van der Waals surface area contributed by atoms with Gasteiger partial charge in [-0.2, -0.15) is 5.10 Å². The van der Waals surface area contributed by atoms with Crippen molar-refractivity contribution in [2.24, 2.45) is 11.0 Å². The molecule has 0 aliphatic heterocycles. The van der Waals surface area contributed by atoms with Crippen LogP contribution < -0.4 is 15.5 Å². The van der Waals surface area contributed by atoms with Crippen LogP contribution in [0.1, 0.15) is 76.4 Å². The number of esters is 1. The number of nitrogens with one attached hydrogen (secondary N) is 2. The van der Waals surface area contributed by atoms with Crippen molar-refractivity contribution in [2.75, 3.05) is 11.9 Å². The number of benzene rings is 2. The molecule has 0 spiro atoms. The molecule has 2 N–H and O–H groups in total. The summed E-state index contributed by atoms with van der Waals surface area (Å²) in [6.07, 6.45) is 4.42. The van der Waals surface area contributed by atoms with Crippen LogP contribution in [0.3, 0.4) is 0 Å². The summed E-state index contributed by atoms with van der Waals surface area (Å²) in [6.45, 7) is 7.94. The Bertz CT molecular complexity index is 1380. The predicted molar refractivity (Wildman–Crippen MR) is 158 cm³/mol. The number of anilines is 1. The molecule has 2 amide bonds. The number of carbonyl (C=O) groups is 3. The number of carbonyl (C=O) groups excluding carboxylic acids is 3. The highest BCUT2D eigenvalue weighted by atomic mass is 32.1. The van der Waals surface area contributed by atoms with E-state index in [-0.39, 0.29) is 12.5 Å². The smallest absolute Gasteiger partial charge is 0.341 e. The minimum Gasteiger partial charge on any atom is -0.481 e. The van der Waals surface area contributed by atoms with E-state index in [1.165, 1.54) is 16.9 Å². The first-order valence-electron chi connectivity index (χ1n) is 13.6. The Morgan fingerprint density at radius 3 is 2.50 bits per heavy atom. The van der Waals surface area contributed by atoms with Crippen molar-refractivity contribution in [1.29, 1.82) is 0 Å². The summed E-state index contributed by atoms with van der Waals surface area (Å²) in [5.41, 5.74) is 6.47. The molecule has 1 heterocycles. The molecule has 2 aromatic carbocycles. The molecule has 210 valence electrons. The van der Waals surface area contributed by atoms with Crippen LogP contribution in [0.2, 0.25) is 0 Å². The maximum Gasteiger partial charge on any atom is 0.341 e. The minimum atomic E-state index is -0.800. The first kappa shape index (κ1) is 29.0. The molecule has 0 radical (unpaired) electrons. The van der Waals surface area contributed by atoms with Gasteiger partial charge in [0, 0.05) is 10.4 Å². The molecule has 1 aliphatic carbocycles. The lowest BCUT2D eigenvalue weighted by Crippen LogP contribution is -2.33. The van der Waals surface area contributed by atoms with Crippen molar-refractivity contribution < 1.29 is 23.9 Å². The predicted octanol–water partition coefficient (Wildman–Crippen LogP) is 5.78. The average molecular weight is 562 g/mol. The Morgan fingerprint density at radius 2 is 1.82 bits per heavy atom. The molecular weight excluding hydrogens is 526 g/mol. The van der Waals surface area contributed by atoms with Crippen LogP contribution >= 0.6 is 11.3 Å². The van der Waals surface area contributed by atoms with Crippen LogP contribution in [0, 0.1) is 5.92 Å². The van der Waals surface area contributed by atoms with E-state index in [1.807, 2.05) is 24.3 Å². The molecule has 40 heavy (non-hydrogen) atoms. The van der Waals surface area contributed by atoms with Crippen molar-refractivity contribution in [2.45, 2.75) is 59.5 Å². The molecule has 0 saturated heterocycles. The SMILES string of the molecule is CCOC(=O)c1c(NC(=O)c2ccc(O[C@H](C)C(=O)N/N=C\c3ccc(CC)cc3)cc2)sc2c1CC[C@H](C)C2. The van der Waals surface area contributed by atoms with E-state index in [4.69, 9.17) is 9.47 Å². The molecule has 8 nitrogen and oxygen atoms in total. The number of hydrogen-bond acceptors (Lipinski definition) is 7. The lowest BCUT2D eigenvalue weighted by molar-refractivity contribution is -0.127. The zero-order valence-electron chi connectivity index (χ0n) is 23.3. The molecule has 0 saturated carbocycles. The Labute approximate surface area is 238 Å². The fraction of sp³-hybridized carbons (Fsp3) is 0.355. The molecule has 3 aromatic rings. The number of thiophene rings is 1. The molecule has 0 unspecified atom stereocenters. The van der Waals surface area contributed by atoms with Gasteiger partial charge in [-0.1, -0.05) is 38.1 Å². The number of hydrogen-bond donors (Lipinski definition) is 2. The molecular formula is C31H35N3O5S.